The molecule has 0 spiro atoms. The summed E-state index contributed by atoms with van der Waals surface area (Å²) in [5.41, 5.74) is -0.331. The monoisotopic (exact) mass is 172 g/mol. The smallest absolute Gasteiger partial charge is 0.338 e. The van der Waals surface area contributed by atoms with E-state index in [2.05, 4.69) is 12.6 Å². The summed E-state index contributed by atoms with van der Waals surface area (Å²) in [6.45, 7) is 0. The number of carboxylic acid groups (broad SMARTS) is 1. The summed E-state index contributed by atoms with van der Waals surface area (Å²) in [5.74, 6) is -2.03. The molecule has 0 fully saturated rings. The van der Waals surface area contributed by atoms with Gasteiger partial charge in [0.2, 0.25) is 0 Å². The van der Waals surface area contributed by atoms with Crippen molar-refractivity contribution in [1.82, 2.24) is 0 Å². The highest BCUT2D eigenvalue weighted by molar-refractivity contribution is 7.80. The van der Waals surface area contributed by atoms with E-state index < -0.39 is 11.8 Å². The molecular weight excluding hydrogens is 167 g/mol. The zero-order chi connectivity index (χ0) is 8.43. The molecule has 1 rings (SSSR count). The lowest BCUT2D eigenvalue weighted by Gasteiger charge is -1.96. The Morgan fingerprint density at radius 2 is 2.18 bits per heavy atom. The summed E-state index contributed by atoms with van der Waals surface area (Å²) in [4.78, 5) is 10.7. The molecule has 0 bridgehead atoms. The molecule has 1 aromatic rings. The van der Waals surface area contributed by atoms with E-state index in [1.807, 2.05) is 0 Å². The largest absolute Gasteiger partial charge is 0.478 e. The van der Waals surface area contributed by atoms with E-state index in [4.69, 9.17) is 5.11 Å². The molecule has 11 heavy (non-hydrogen) atoms. The molecule has 1 aromatic carbocycles. The molecule has 0 unspecified atom stereocenters. The number of hydrogen-bond donors (Lipinski definition) is 2. The van der Waals surface area contributed by atoms with Gasteiger partial charge in [0.1, 0.15) is 5.82 Å². The first kappa shape index (κ1) is 8.07. The molecule has 0 radical (unpaired) electrons. The third-order valence-corrected chi connectivity index (χ3v) is 1.46. The number of hydrogen-bond acceptors (Lipinski definition) is 2. The van der Waals surface area contributed by atoms with Gasteiger partial charge in [-0.25, -0.2) is 9.18 Å². The normalized spacial score (nSPS) is 9.64. The molecule has 0 heterocycles. The van der Waals surface area contributed by atoms with Gasteiger partial charge in [0.05, 0.1) is 5.56 Å². The lowest BCUT2D eigenvalue weighted by molar-refractivity contribution is 0.0692. The van der Waals surface area contributed by atoms with E-state index in [1.165, 1.54) is 12.1 Å². The van der Waals surface area contributed by atoms with Crippen LogP contribution in [0.1, 0.15) is 10.4 Å². The van der Waals surface area contributed by atoms with Crippen molar-refractivity contribution in [2.24, 2.45) is 0 Å². The lowest BCUT2D eigenvalue weighted by Crippen LogP contribution is -1.99. The van der Waals surface area contributed by atoms with Crippen molar-refractivity contribution in [1.29, 1.82) is 0 Å². The maximum Gasteiger partial charge on any atom is 0.338 e. The molecule has 2 nitrogen and oxygen atoms in total. The molecule has 0 aliphatic carbocycles. The van der Waals surface area contributed by atoms with Crippen molar-refractivity contribution in [3.05, 3.63) is 29.6 Å². The fraction of sp³-hybridized carbons (Fsp3) is 0. The van der Waals surface area contributed by atoms with E-state index in [0.717, 1.165) is 6.07 Å². The minimum Gasteiger partial charge on any atom is -0.478 e. The topological polar surface area (TPSA) is 37.3 Å². The number of thiol groups is 1. The van der Waals surface area contributed by atoms with E-state index in [0.29, 0.717) is 4.90 Å². The van der Waals surface area contributed by atoms with E-state index in [9.17, 15) is 9.18 Å². The Bertz CT molecular complexity index is 298. The fourth-order valence-electron chi connectivity index (χ4n) is 0.677. The zero-order valence-electron chi connectivity index (χ0n) is 5.41. The van der Waals surface area contributed by atoms with Crippen LogP contribution < -0.4 is 0 Å². The molecule has 4 heteroatoms. The number of halogens is 1. The SMILES string of the molecule is O=C(O)c1ccc(S)cc1F. The Kier molecular flexibility index (Phi) is 2.14. The Morgan fingerprint density at radius 3 is 2.64 bits per heavy atom. The van der Waals surface area contributed by atoms with Crippen molar-refractivity contribution in [3.8, 4) is 0 Å². The summed E-state index contributed by atoms with van der Waals surface area (Å²) in [5, 5.41) is 8.39. The van der Waals surface area contributed by atoms with Crippen molar-refractivity contribution in [2.75, 3.05) is 0 Å². The van der Waals surface area contributed by atoms with Crippen molar-refractivity contribution >= 4 is 18.6 Å². The van der Waals surface area contributed by atoms with Crippen LogP contribution in [0.25, 0.3) is 0 Å². The van der Waals surface area contributed by atoms with Crippen LogP contribution in [-0.4, -0.2) is 11.1 Å². The van der Waals surface area contributed by atoms with Crippen LogP contribution in [0.4, 0.5) is 4.39 Å². The Morgan fingerprint density at radius 1 is 1.55 bits per heavy atom. The predicted octanol–water partition coefficient (Wildman–Crippen LogP) is 1.81. The molecule has 0 amide bonds. The van der Waals surface area contributed by atoms with Crippen LogP contribution >= 0.6 is 12.6 Å². The molecular formula is C7H5FO2S. The summed E-state index contributed by atoms with van der Waals surface area (Å²) in [6.07, 6.45) is 0. The zero-order valence-corrected chi connectivity index (χ0v) is 6.31. The third kappa shape index (κ3) is 1.71. The number of rotatable bonds is 1. The van der Waals surface area contributed by atoms with Crippen LogP contribution in [0.5, 0.6) is 0 Å². The standard InChI is InChI=1S/C7H5FO2S/c8-6-3-4(11)1-2-5(6)7(9)10/h1-3,11H,(H,9,10). The van der Waals surface area contributed by atoms with Crippen molar-refractivity contribution < 1.29 is 14.3 Å². The van der Waals surface area contributed by atoms with E-state index in [-0.39, 0.29) is 5.56 Å². The quantitative estimate of drug-likeness (QED) is 0.634. The number of aromatic carboxylic acids is 1. The van der Waals surface area contributed by atoms with Gasteiger partial charge in [-0.1, -0.05) is 0 Å². The number of carboxylic acids is 1. The van der Waals surface area contributed by atoms with Gasteiger partial charge in [0, 0.05) is 4.90 Å². The second kappa shape index (κ2) is 2.92. The van der Waals surface area contributed by atoms with Gasteiger partial charge in [-0.15, -0.1) is 12.6 Å². The van der Waals surface area contributed by atoms with Gasteiger partial charge in [-0.05, 0) is 18.2 Å². The second-order valence-electron chi connectivity index (χ2n) is 1.97. The summed E-state index contributed by atoms with van der Waals surface area (Å²) in [6, 6.07) is 3.67. The Balaban J connectivity index is 3.20. The first-order valence-corrected chi connectivity index (χ1v) is 3.28. The third-order valence-electron chi connectivity index (χ3n) is 1.18. The van der Waals surface area contributed by atoms with E-state index >= 15 is 0 Å². The molecule has 1 N–H and O–H groups in total. The number of benzene rings is 1. The maximum absolute atomic E-state index is 12.7. The first-order chi connectivity index (χ1) is 5.11. The fourth-order valence-corrected chi connectivity index (χ4v) is 0.865. The van der Waals surface area contributed by atoms with Crippen LogP contribution in [0.2, 0.25) is 0 Å². The molecule has 0 saturated heterocycles. The van der Waals surface area contributed by atoms with Gasteiger partial charge in [0.25, 0.3) is 0 Å². The maximum atomic E-state index is 12.7. The average molecular weight is 172 g/mol. The minimum atomic E-state index is -1.27. The van der Waals surface area contributed by atoms with Gasteiger partial charge >= 0.3 is 5.97 Å². The number of carbonyl (C=O) groups is 1. The van der Waals surface area contributed by atoms with Gasteiger partial charge in [-0.2, -0.15) is 0 Å². The first-order valence-electron chi connectivity index (χ1n) is 2.83. The molecule has 0 aliphatic heterocycles. The highest BCUT2D eigenvalue weighted by Crippen LogP contribution is 2.12. The highest BCUT2D eigenvalue weighted by Gasteiger charge is 2.08. The van der Waals surface area contributed by atoms with Gasteiger partial charge in [0.15, 0.2) is 0 Å². The molecule has 58 valence electrons. The summed E-state index contributed by atoms with van der Waals surface area (Å²) < 4.78 is 12.7. The molecule has 0 saturated carbocycles. The van der Waals surface area contributed by atoms with Crippen molar-refractivity contribution in [2.45, 2.75) is 4.90 Å². The van der Waals surface area contributed by atoms with Crippen LogP contribution in [0.3, 0.4) is 0 Å². The second-order valence-corrected chi connectivity index (χ2v) is 2.49. The minimum absolute atomic E-state index is 0.331. The molecule has 0 aromatic heterocycles. The summed E-state index contributed by atoms with van der Waals surface area (Å²) in [7, 11) is 0. The Hall–Kier alpha value is -1.03. The van der Waals surface area contributed by atoms with Gasteiger partial charge < -0.3 is 5.11 Å². The van der Waals surface area contributed by atoms with E-state index in [1.54, 1.807) is 0 Å². The van der Waals surface area contributed by atoms with Crippen LogP contribution in [0, 0.1) is 5.82 Å². The summed E-state index contributed by atoms with van der Waals surface area (Å²) >= 11 is 3.84. The molecule has 0 aliphatic rings. The lowest BCUT2D eigenvalue weighted by atomic mass is 10.2. The average Bonchev–Trinajstić information content (AvgIpc) is 1.85. The highest BCUT2D eigenvalue weighted by atomic mass is 32.1. The van der Waals surface area contributed by atoms with Crippen LogP contribution in [-0.2, 0) is 0 Å². The van der Waals surface area contributed by atoms with Gasteiger partial charge in [-0.3, -0.25) is 0 Å². The van der Waals surface area contributed by atoms with Crippen molar-refractivity contribution in [3.63, 3.8) is 0 Å². The predicted molar refractivity (Wildman–Crippen MR) is 40.6 cm³/mol. The molecule has 0 atom stereocenters. The Labute approximate surface area is 68.1 Å². The van der Waals surface area contributed by atoms with Crippen LogP contribution in [0.15, 0.2) is 23.1 Å².